The number of aryl methyl sites for hydroxylation is 1. The van der Waals surface area contributed by atoms with E-state index in [0.29, 0.717) is 17.8 Å². The largest absolute Gasteiger partial charge is 0.496 e. The molecule has 0 heterocycles. The molecule has 0 saturated heterocycles. The molecule has 4 heteroatoms. The number of methoxy groups -OCH3 is 1. The van der Waals surface area contributed by atoms with E-state index in [1.54, 1.807) is 19.2 Å². The summed E-state index contributed by atoms with van der Waals surface area (Å²) in [6.45, 7) is 2.68. The van der Waals surface area contributed by atoms with E-state index in [4.69, 9.17) is 15.7 Å². The van der Waals surface area contributed by atoms with E-state index in [-0.39, 0.29) is 0 Å². The van der Waals surface area contributed by atoms with Gasteiger partial charge in [0, 0.05) is 6.54 Å². The fourth-order valence-electron chi connectivity index (χ4n) is 2.04. The van der Waals surface area contributed by atoms with Crippen molar-refractivity contribution in [1.29, 1.82) is 5.26 Å². The van der Waals surface area contributed by atoms with Crippen LogP contribution < -0.4 is 15.8 Å². The molecule has 0 aliphatic rings. The summed E-state index contributed by atoms with van der Waals surface area (Å²) in [6.07, 6.45) is 0. The lowest BCUT2D eigenvalue weighted by molar-refractivity contribution is 0.411. The standard InChI is InChI=1S/C16H17N3O/c1-11-7-13(4-6-16(11)20-2)10-19-15-5-3-12(9-17)8-14(15)18/h3-8,19H,10,18H2,1-2H3. The third-order valence-corrected chi connectivity index (χ3v) is 3.12. The smallest absolute Gasteiger partial charge is 0.121 e. The number of nitrogen functional groups attached to an aromatic ring is 1. The van der Waals surface area contributed by atoms with Crippen LogP contribution in [0, 0.1) is 18.3 Å². The number of nitrogens with two attached hydrogens (primary N) is 1. The van der Waals surface area contributed by atoms with Gasteiger partial charge in [-0.3, -0.25) is 0 Å². The van der Waals surface area contributed by atoms with Crippen LogP contribution in [0.15, 0.2) is 36.4 Å². The molecule has 0 aliphatic carbocycles. The Morgan fingerprint density at radius 2 is 2.05 bits per heavy atom. The van der Waals surface area contributed by atoms with Gasteiger partial charge in [0.1, 0.15) is 5.75 Å². The van der Waals surface area contributed by atoms with Crippen molar-refractivity contribution in [2.45, 2.75) is 13.5 Å². The van der Waals surface area contributed by atoms with Gasteiger partial charge in [-0.1, -0.05) is 12.1 Å². The predicted octanol–water partition coefficient (Wildman–Crippen LogP) is 3.07. The van der Waals surface area contributed by atoms with Gasteiger partial charge in [0.15, 0.2) is 0 Å². The van der Waals surface area contributed by atoms with Gasteiger partial charge < -0.3 is 15.8 Å². The summed E-state index contributed by atoms with van der Waals surface area (Å²) in [4.78, 5) is 0. The molecule has 0 aliphatic heterocycles. The average Bonchev–Trinajstić information content (AvgIpc) is 2.46. The molecule has 4 nitrogen and oxygen atoms in total. The number of rotatable bonds is 4. The molecule has 2 rings (SSSR count). The minimum atomic E-state index is 0.563. The quantitative estimate of drug-likeness (QED) is 0.835. The summed E-state index contributed by atoms with van der Waals surface area (Å²) in [7, 11) is 1.66. The summed E-state index contributed by atoms with van der Waals surface area (Å²) in [5.74, 6) is 0.881. The molecular weight excluding hydrogens is 250 g/mol. The van der Waals surface area contributed by atoms with Crippen LogP contribution in [0.3, 0.4) is 0 Å². The summed E-state index contributed by atoms with van der Waals surface area (Å²) in [5, 5.41) is 12.1. The number of nitrogens with zero attached hydrogens (tertiary/aromatic N) is 1. The number of nitrogens with one attached hydrogen (secondary N) is 1. The molecule has 0 bridgehead atoms. The average molecular weight is 267 g/mol. The highest BCUT2D eigenvalue weighted by molar-refractivity contribution is 5.68. The van der Waals surface area contributed by atoms with E-state index < -0.39 is 0 Å². The number of benzene rings is 2. The highest BCUT2D eigenvalue weighted by Gasteiger charge is 2.03. The van der Waals surface area contributed by atoms with E-state index in [9.17, 15) is 0 Å². The van der Waals surface area contributed by atoms with Crippen LogP contribution in [0.2, 0.25) is 0 Å². The molecule has 2 aromatic rings. The first-order valence-electron chi connectivity index (χ1n) is 6.31. The first kappa shape index (κ1) is 13.8. The summed E-state index contributed by atoms with van der Waals surface area (Å²) < 4.78 is 5.24. The van der Waals surface area contributed by atoms with Crippen molar-refractivity contribution >= 4 is 11.4 Å². The van der Waals surface area contributed by atoms with Crippen LogP contribution in [0.5, 0.6) is 5.75 Å². The second kappa shape index (κ2) is 5.98. The number of ether oxygens (including phenoxy) is 1. The lowest BCUT2D eigenvalue weighted by Gasteiger charge is -2.11. The topological polar surface area (TPSA) is 71.1 Å². The van der Waals surface area contributed by atoms with Crippen molar-refractivity contribution in [3.8, 4) is 11.8 Å². The van der Waals surface area contributed by atoms with Crippen molar-refractivity contribution in [1.82, 2.24) is 0 Å². The van der Waals surface area contributed by atoms with Crippen LogP contribution in [0.25, 0.3) is 0 Å². The third kappa shape index (κ3) is 3.01. The predicted molar refractivity (Wildman–Crippen MR) is 80.6 cm³/mol. The number of hydrogen-bond acceptors (Lipinski definition) is 4. The maximum Gasteiger partial charge on any atom is 0.121 e. The van der Waals surface area contributed by atoms with E-state index in [1.165, 1.54) is 0 Å². The SMILES string of the molecule is COc1ccc(CNc2ccc(C#N)cc2N)cc1C. The summed E-state index contributed by atoms with van der Waals surface area (Å²) in [6, 6.07) is 13.3. The molecule has 0 atom stereocenters. The van der Waals surface area contributed by atoms with E-state index in [2.05, 4.69) is 17.5 Å². The van der Waals surface area contributed by atoms with Crippen LogP contribution in [0.4, 0.5) is 11.4 Å². The minimum absolute atomic E-state index is 0.563. The molecule has 0 unspecified atom stereocenters. The summed E-state index contributed by atoms with van der Waals surface area (Å²) >= 11 is 0. The van der Waals surface area contributed by atoms with Gasteiger partial charge in [-0.2, -0.15) is 5.26 Å². The van der Waals surface area contributed by atoms with Gasteiger partial charge in [-0.25, -0.2) is 0 Å². The molecular formula is C16H17N3O. The second-order valence-corrected chi connectivity index (χ2v) is 4.57. The zero-order valence-corrected chi connectivity index (χ0v) is 11.6. The third-order valence-electron chi connectivity index (χ3n) is 3.12. The lowest BCUT2D eigenvalue weighted by Crippen LogP contribution is -2.03. The molecule has 0 saturated carbocycles. The Bertz CT molecular complexity index is 659. The van der Waals surface area contributed by atoms with Crippen molar-refractivity contribution in [3.05, 3.63) is 53.1 Å². The zero-order valence-electron chi connectivity index (χ0n) is 11.6. The first-order valence-corrected chi connectivity index (χ1v) is 6.31. The normalized spacial score (nSPS) is 9.85. The Labute approximate surface area is 118 Å². The van der Waals surface area contributed by atoms with Crippen molar-refractivity contribution in [2.24, 2.45) is 0 Å². The number of hydrogen-bond donors (Lipinski definition) is 2. The van der Waals surface area contributed by atoms with Gasteiger partial charge in [-0.05, 0) is 42.3 Å². The van der Waals surface area contributed by atoms with Crippen LogP contribution in [-0.2, 0) is 6.54 Å². The fraction of sp³-hybridized carbons (Fsp3) is 0.188. The van der Waals surface area contributed by atoms with Crippen LogP contribution in [-0.4, -0.2) is 7.11 Å². The number of nitriles is 1. The molecule has 20 heavy (non-hydrogen) atoms. The van der Waals surface area contributed by atoms with Crippen LogP contribution in [0.1, 0.15) is 16.7 Å². The van der Waals surface area contributed by atoms with Gasteiger partial charge >= 0.3 is 0 Å². The van der Waals surface area contributed by atoms with Gasteiger partial charge in [0.05, 0.1) is 30.1 Å². The molecule has 0 fully saturated rings. The lowest BCUT2D eigenvalue weighted by atomic mass is 10.1. The first-order chi connectivity index (χ1) is 9.63. The Balaban J connectivity index is 2.09. The van der Waals surface area contributed by atoms with E-state index >= 15 is 0 Å². The van der Waals surface area contributed by atoms with Crippen molar-refractivity contribution in [2.75, 3.05) is 18.2 Å². The van der Waals surface area contributed by atoms with E-state index in [1.807, 2.05) is 25.1 Å². The van der Waals surface area contributed by atoms with Crippen LogP contribution >= 0.6 is 0 Å². The summed E-state index contributed by atoms with van der Waals surface area (Å²) in [5.41, 5.74) is 10.1. The highest BCUT2D eigenvalue weighted by atomic mass is 16.5. The molecule has 3 N–H and O–H groups in total. The Morgan fingerprint density at radius 1 is 1.25 bits per heavy atom. The Morgan fingerprint density at radius 3 is 2.65 bits per heavy atom. The van der Waals surface area contributed by atoms with Gasteiger partial charge in [0.2, 0.25) is 0 Å². The zero-order chi connectivity index (χ0) is 14.5. The molecule has 2 aromatic carbocycles. The molecule has 0 amide bonds. The van der Waals surface area contributed by atoms with Gasteiger partial charge in [0.25, 0.3) is 0 Å². The van der Waals surface area contributed by atoms with Gasteiger partial charge in [-0.15, -0.1) is 0 Å². The minimum Gasteiger partial charge on any atom is -0.496 e. The highest BCUT2D eigenvalue weighted by Crippen LogP contribution is 2.22. The number of anilines is 2. The molecule has 0 spiro atoms. The van der Waals surface area contributed by atoms with Crippen molar-refractivity contribution in [3.63, 3.8) is 0 Å². The van der Waals surface area contributed by atoms with E-state index in [0.717, 1.165) is 22.6 Å². The second-order valence-electron chi connectivity index (χ2n) is 4.57. The molecule has 0 radical (unpaired) electrons. The molecule has 0 aromatic heterocycles. The maximum atomic E-state index is 8.80. The maximum absolute atomic E-state index is 8.80. The Hall–Kier alpha value is -2.67. The van der Waals surface area contributed by atoms with Crippen molar-refractivity contribution < 1.29 is 4.74 Å². The monoisotopic (exact) mass is 267 g/mol. The fourth-order valence-corrected chi connectivity index (χ4v) is 2.04. The molecule has 102 valence electrons. The Kier molecular flexibility index (Phi) is 4.11.